The van der Waals surface area contributed by atoms with E-state index in [1.807, 2.05) is 0 Å². The third-order valence-corrected chi connectivity index (χ3v) is 4.19. The van der Waals surface area contributed by atoms with Gasteiger partial charge in [0, 0.05) is 6.04 Å². The quantitative estimate of drug-likeness (QED) is 0.819. The molecule has 94 valence electrons. The van der Waals surface area contributed by atoms with E-state index < -0.39 is 0 Å². The Bertz CT molecular complexity index is 383. The summed E-state index contributed by atoms with van der Waals surface area (Å²) in [4.78, 5) is 0. The van der Waals surface area contributed by atoms with E-state index in [-0.39, 0.29) is 0 Å². The summed E-state index contributed by atoms with van der Waals surface area (Å²) < 4.78 is 0. The molecule has 0 aliphatic heterocycles. The van der Waals surface area contributed by atoms with E-state index in [2.05, 4.69) is 51.2 Å². The van der Waals surface area contributed by atoms with Gasteiger partial charge in [0.05, 0.1) is 0 Å². The van der Waals surface area contributed by atoms with Gasteiger partial charge in [-0.1, -0.05) is 44.5 Å². The maximum absolute atomic E-state index is 3.73. The SMILES string of the molecule is CCCNC1c2cc(C)ccc2C(CC)C1C. The van der Waals surface area contributed by atoms with Crippen molar-refractivity contribution >= 4 is 0 Å². The lowest BCUT2D eigenvalue weighted by molar-refractivity contribution is 0.362. The number of aryl methyl sites for hydroxylation is 1. The monoisotopic (exact) mass is 231 g/mol. The van der Waals surface area contributed by atoms with E-state index >= 15 is 0 Å². The third kappa shape index (κ3) is 2.26. The zero-order valence-corrected chi connectivity index (χ0v) is 11.6. The lowest BCUT2D eigenvalue weighted by Gasteiger charge is -2.21. The summed E-state index contributed by atoms with van der Waals surface area (Å²) in [5.41, 5.74) is 4.52. The van der Waals surface area contributed by atoms with Crippen LogP contribution in [0.3, 0.4) is 0 Å². The van der Waals surface area contributed by atoms with E-state index in [0.717, 1.165) is 18.4 Å². The topological polar surface area (TPSA) is 12.0 Å². The molecule has 0 aromatic heterocycles. The van der Waals surface area contributed by atoms with Crippen molar-refractivity contribution in [3.63, 3.8) is 0 Å². The van der Waals surface area contributed by atoms with Crippen molar-refractivity contribution < 1.29 is 0 Å². The number of nitrogens with one attached hydrogen (secondary N) is 1. The van der Waals surface area contributed by atoms with Crippen LogP contribution in [0.5, 0.6) is 0 Å². The number of fused-ring (bicyclic) bond motifs is 1. The fraction of sp³-hybridized carbons (Fsp3) is 0.625. The van der Waals surface area contributed by atoms with Crippen molar-refractivity contribution in [2.45, 2.75) is 52.5 Å². The molecule has 0 saturated heterocycles. The van der Waals surface area contributed by atoms with Crippen LogP contribution in [0.1, 0.15) is 62.3 Å². The van der Waals surface area contributed by atoms with Crippen LogP contribution in [0.2, 0.25) is 0 Å². The van der Waals surface area contributed by atoms with Gasteiger partial charge < -0.3 is 5.32 Å². The van der Waals surface area contributed by atoms with Gasteiger partial charge in [-0.25, -0.2) is 0 Å². The summed E-state index contributed by atoms with van der Waals surface area (Å²) in [6.45, 7) is 10.3. The number of benzene rings is 1. The van der Waals surface area contributed by atoms with Crippen LogP contribution in [0.4, 0.5) is 0 Å². The molecule has 17 heavy (non-hydrogen) atoms. The van der Waals surface area contributed by atoms with Gasteiger partial charge in [0.2, 0.25) is 0 Å². The van der Waals surface area contributed by atoms with Gasteiger partial charge in [0.25, 0.3) is 0 Å². The fourth-order valence-corrected chi connectivity index (χ4v) is 3.29. The van der Waals surface area contributed by atoms with Crippen LogP contribution in [-0.2, 0) is 0 Å². The maximum atomic E-state index is 3.73. The fourth-order valence-electron chi connectivity index (χ4n) is 3.29. The molecule has 0 heterocycles. The van der Waals surface area contributed by atoms with E-state index in [1.165, 1.54) is 18.4 Å². The Labute approximate surface area is 106 Å². The van der Waals surface area contributed by atoms with Crippen LogP contribution >= 0.6 is 0 Å². The molecule has 0 spiro atoms. The Morgan fingerprint density at radius 3 is 2.59 bits per heavy atom. The van der Waals surface area contributed by atoms with Crippen molar-refractivity contribution in [2.75, 3.05) is 6.54 Å². The van der Waals surface area contributed by atoms with E-state index in [0.29, 0.717) is 6.04 Å². The third-order valence-electron chi connectivity index (χ3n) is 4.19. The van der Waals surface area contributed by atoms with Gasteiger partial charge in [-0.2, -0.15) is 0 Å². The first-order chi connectivity index (χ1) is 8.19. The Kier molecular flexibility index (Phi) is 3.88. The van der Waals surface area contributed by atoms with Crippen LogP contribution in [0.15, 0.2) is 18.2 Å². The highest BCUT2D eigenvalue weighted by molar-refractivity contribution is 5.41. The minimum atomic E-state index is 0.565. The predicted molar refractivity (Wildman–Crippen MR) is 74.4 cm³/mol. The molecule has 2 rings (SSSR count). The molecule has 1 nitrogen and oxygen atoms in total. The first-order valence-electron chi connectivity index (χ1n) is 7.02. The Morgan fingerprint density at radius 1 is 1.18 bits per heavy atom. The van der Waals surface area contributed by atoms with E-state index in [4.69, 9.17) is 0 Å². The second-order valence-corrected chi connectivity index (χ2v) is 5.44. The van der Waals surface area contributed by atoms with E-state index in [9.17, 15) is 0 Å². The molecule has 1 aliphatic carbocycles. The molecule has 0 saturated carbocycles. The zero-order chi connectivity index (χ0) is 12.4. The lowest BCUT2D eigenvalue weighted by atomic mass is 9.90. The first kappa shape index (κ1) is 12.6. The predicted octanol–water partition coefficient (Wildman–Crippen LogP) is 4.18. The van der Waals surface area contributed by atoms with Gasteiger partial charge in [-0.3, -0.25) is 0 Å². The molecule has 0 radical (unpaired) electrons. The molecule has 1 heteroatoms. The van der Waals surface area contributed by atoms with Crippen molar-refractivity contribution in [3.05, 3.63) is 34.9 Å². The van der Waals surface area contributed by atoms with Crippen molar-refractivity contribution in [1.82, 2.24) is 5.32 Å². The molecule has 0 fully saturated rings. The van der Waals surface area contributed by atoms with Crippen LogP contribution in [-0.4, -0.2) is 6.54 Å². The van der Waals surface area contributed by atoms with Crippen molar-refractivity contribution in [3.8, 4) is 0 Å². The molecule has 1 N–H and O–H groups in total. The van der Waals surface area contributed by atoms with Gasteiger partial charge in [0.1, 0.15) is 0 Å². The average molecular weight is 231 g/mol. The molecule has 1 aromatic rings. The summed E-state index contributed by atoms with van der Waals surface area (Å²) >= 11 is 0. The Morgan fingerprint density at radius 2 is 1.94 bits per heavy atom. The molecular weight excluding hydrogens is 206 g/mol. The average Bonchev–Trinajstić information content (AvgIpc) is 2.58. The van der Waals surface area contributed by atoms with Gasteiger partial charge in [-0.15, -0.1) is 0 Å². The Balaban J connectivity index is 2.33. The van der Waals surface area contributed by atoms with Crippen LogP contribution in [0, 0.1) is 12.8 Å². The summed E-state index contributed by atoms with van der Waals surface area (Å²) in [6.07, 6.45) is 2.46. The second-order valence-electron chi connectivity index (χ2n) is 5.44. The smallest absolute Gasteiger partial charge is 0.0354 e. The van der Waals surface area contributed by atoms with Gasteiger partial charge >= 0.3 is 0 Å². The highest BCUT2D eigenvalue weighted by atomic mass is 14.9. The van der Waals surface area contributed by atoms with Gasteiger partial charge in [0.15, 0.2) is 0 Å². The molecule has 3 atom stereocenters. The number of hydrogen-bond acceptors (Lipinski definition) is 1. The number of hydrogen-bond donors (Lipinski definition) is 1. The summed E-state index contributed by atoms with van der Waals surface area (Å²) in [6, 6.07) is 7.56. The molecule has 0 bridgehead atoms. The van der Waals surface area contributed by atoms with Gasteiger partial charge in [-0.05, 0) is 49.3 Å². The summed E-state index contributed by atoms with van der Waals surface area (Å²) in [5.74, 6) is 1.46. The summed E-state index contributed by atoms with van der Waals surface area (Å²) in [5, 5.41) is 3.73. The molecule has 1 aliphatic rings. The van der Waals surface area contributed by atoms with Crippen molar-refractivity contribution in [2.24, 2.45) is 5.92 Å². The first-order valence-corrected chi connectivity index (χ1v) is 7.02. The van der Waals surface area contributed by atoms with Crippen LogP contribution < -0.4 is 5.32 Å². The standard InChI is InChI=1S/C16H25N/c1-5-9-17-16-12(4)13(6-2)14-8-7-11(3)10-15(14)16/h7-8,10,12-13,16-17H,5-6,9H2,1-4H3. The molecule has 0 amide bonds. The molecular formula is C16H25N. The largest absolute Gasteiger partial charge is 0.310 e. The maximum Gasteiger partial charge on any atom is 0.0354 e. The molecule has 1 aromatic carbocycles. The zero-order valence-electron chi connectivity index (χ0n) is 11.6. The summed E-state index contributed by atoms with van der Waals surface area (Å²) in [7, 11) is 0. The van der Waals surface area contributed by atoms with Crippen LogP contribution in [0.25, 0.3) is 0 Å². The Hall–Kier alpha value is -0.820. The lowest BCUT2D eigenvalue weighted by Crippen LogP contribution is -2.25. The number of rotatable bonds is 4. The minimum absolute atomic E-state index is 0.565. The minimum Gasteiger partial charge on any atom is -0.310 e. The highest BCUT2D eigenvalue weighted by Gasteiger charge is 2.36. The highest BCUT2D eigenvalue weighted by Crippen LogP contribution is 2.46. The normalized spacial score (nSPS) is 27.2. The van der Waals surface area contributed by atoms with E-state index in [1.54, 1.807) is 11.1 Å². The van der Waals surface area contributed by atoms with Crippen molar-refractivity contribution in [1.29, 1.82) is 0 Å². The molecule has 3 unspecified atom stereocenters. The second kappa shape index (κ2) is 5.22.